The Hall–Kier alpha value is -0.820. The van der Waals surface area contributed by atoms with Crippen LogP contribution in [0.15, 0.2) is 24.3 Å². The minimum atomic E-state index is -0.290. The van der Waals surface area contributed by atoms with E-state index in [4.69, 9.17) is 11.6 Å². The molecule has 1 nitrogen and oxygen atoms in total. The zero-order chi connectivity index (χ0) is 12.1. The monoisotopic (exact) mass is 238 g/mol. The Labute approximate surface area is 103 Å². The summed E-state index contributed by atoms with van der Waals surface area (Å²) >= 11 is 5.52. The third kappa shape index (κ3) is 3.08. The first-order chi connectivity index (χ1) is 7.60. The Morgan fingerprint density at radius 1 is 1.25 bits per heavy atom. The predicted octanol–water partition coefficient (Wildman–Crippen LogP) is 4.46. The lowest BCUT2D eigenvalue weighted by molar-refractivity contribution is -0.112. The number of hydrogen-bond acceptors (Lipinski definition) is 1. The fourth-order valence-corrected chi connectivity index (χ4v) is 2.10. The molecule has 88 valence electrons. The average Bonchev–Trinajstić information content (AvgIpc) is 2.30. The van der Waals surface area contributed by atoms with Crippen LogP contribution in [0.4, 0.5) is 0 Å². The second-order valence-electron chi connectivity index (χ2n) is 4.21. The topological polar surface area (TPSA) is 17.1 Å². The summed E-state index contributed by atoms with van der Waals surface area (Å²) in [4.78, 5) is 11.1. The van der Waals surface area contributed by atoms with Crippen LogP contribution in [0, 0.1) is 0 Å². The highest BCUT2D eigenvalue weighted by atomic mass is 35.5. The number of carbonyl (C=O) groups excluding carboxylic acids is 1. The van der Waals surface area contributed by atoms with E-state index < -0.39 is 0 Å². The molecule has 1 rings (SSSR count). The van der Waals surface area contributed by atoms with Crippen molar-refractivity contribution in [2.75, 3.05) is 0 Å². The van der Waals surface area contributed by atoms with Gasteiger partial charge >= 0.3 is 0 Å². The van der Waals surface area contributed by atoms with Gasteiger partial charge in [0.1, 0.15) is 0 Å². The van der Waals surface area contributed by atoms with Crippen molar-refractivity contribution >= 4 is 16.8 Å². The molecule has 0 fully saturated rings. The minimum absolute atomic E-state index is 0.212. The molecule has 0 aliphatic rings. The summed E-state index contributed by atoms with van der Waals surface area (Å²) in [5, 5.41) is -0.290. The first-order valence-electron chi connectivity index (χ1n) is 5.89. The number of hydrogen-bond donors (Lipinski definition) is 0. The molecule has 16 heavy (non-hydrogen) atoms. The van der Waals surface area contributed by atoms with Crippen molar-refractivity contribution < 1.29 is 4.79 Å². The third-order valence-electron chi connectivity index (χ3n) is 3.21. The van der Waals surface area contributed by atoms with Gasteiger partial charge in [-0.15, -0.1) is 0 Å². The molecule has 1 aromatic carbocycles. The van der Waals surface area contributed by atoms with Crippen LogP contribution >= 0.6 is 11.6 Å². The van der Waals surface area contributed by atoms with Crippen molar-refractivity contribution in [1.29, 1.82) is 0 Å². The quantitative estimate of drug-likeness (QED) is 0.693. The molecule has 0 aromatic heterocycles. The maximum absolute atomic E-state index is 11.1. The third-order valence-corrected chi connectivity index (χ3v) is 3.54. The maximum atomic E-state index is 11.1. The number of benzene rings is 1. The summed E-state index contributed by atoms with van der Waals surface area (Å²) in [5.74, 6) is 0.369. The van der Waals surface area contributed by atoms with Crippen molar-refractivity contribution in [2.24, 2.45) is 0 Å². The molecule has 0 saturated carbocycles. The van der Waals surface area contributed by atoms with Crippen molar-refractivity contribution in [3.05, 3.63) is 35.4 Å². The van der Waals surface area contributed by atoms with Gasteiger partial charge in [-0.3, -0.25) is 4.79 Å². The Morgan fingerprint density at radius 3 is 2.31 bits per heavy atom. The lowest BCUT2D eigenvalue weighted by Gasteiger charge is -2.15. The molecule has 0 aliphatic carbocycles. The molecular weight excluding hydrogens is 220 g/mol. The predicted molar refractivity (Wildman–Crippen MR) is 69.0 cm³/mol. The van der Waals surface area contributed by atoms with E-state index in [2.05, 4.69) is 26.0 Å². The van der Waals surface area contributed by atoms with E-state index in [1.165, 1.54) is 5.56 Å². The lowest BCUT2D eigenvalue weighted by atomic mass is 9.90. The summed E-state index contributed by atoms with van der Waals surface area (Å²) in [6.07, 6.45) is 2.26. The molecule has 0 radical (unpaired) electrons. The summed E-state index contributed by atoms with van der Waals surface area (Å²) in [6.45, 7) is 6.23. The molecule has 0 bridgehead atoms. The van der Waals surface area contributed by atoms with Crippen LogP contribution in [0.1, 0.15) is 56.6 Å². The van der Waals surface area contributed by atoms with E-state index in [9.17, 15) is 4.79 Å². The van der Waals surface area contributed by atoms with E-state index in [1.54, 1.807) is 0 Å². The van der Waals surface area contributed by atoms with E-state index in [0.717, 1.165) is 18.4 Å². The highest BCUT2D eigenvalue weighted by Gasteiger charge is 2.14. The molecule has 0 heterocycles. The largest absolute Gasteiger partial charge is 0.281 e. The molecular formula is C14H19ClO. The highest BCUT2D eigenvalue weighted by Crippen LogP contribution is 2.26. The van der Waals surface area contributed by atoms with Crippen LogP contribution in [0.5, 0.6) is 0 Å². The lowest BCUT2D eigenvalue weighted by Crippen LogP contribution is -2.03. The Bertz CT molecular complexity index is 356. The van der Waals surface area contributed by atoms with Gasteiger partial charge in [-0.2, -0.15) is 0 Å². The maximum Gasteiger partial charge on any atom is 0.228 e. The van der Waals surface area contributed by atoms with Gasteiger partial charge in [-0.25, -0.2) is 0 Å². The van der Waals surface area contributed by atoms with Gasteiger partial charge in [0.05, 0.1) is 5.92 Å². The van der Waals surface area contributed by atoms with Crippen LogP contribution in [-0.4, -0.2) is 5.24 Å². The Morgan fingerprint density at radius 2 is 1.81 bits per heavy atom. The summed E-state index contributed by atoms with van der Waals surface area (Å²) in [7, 11) is 0. The fraction of sp³-hybridized carbons (Fsp3) is 0.500. The van der Waals surface area contributed by atoms with Gasteiger partial charge in [0.2, 0.25) is 5.24 Å². The fourth-order valence-electron chi connectivity index (χ4n) is 1.97. The number of halogens is 1. The summed E-state index contributed by atoms with van der Waals surface area (Å²) in [6, 6.07) is 8.23. The van der Waals surface area contributed by atoms with Gasteiger partial charge in [-0.05, 0) is 41.5 Å². The van der Waals surface area contributed by atoms with Crippen LogP contribution in [0.2, 0.25) is 0 Å². The van der Waals surface area contributed by atoms with Crippen LogP contribution in [0.3, 0.4) is 0 Å². The first-order valence-corrected chi connectivity index (χ1v) is 6.27. The van der Waals surface area contributed by atoms with E-state index in [0.29, 0.717) is 5.92 Å². The normalized spacial score (nSPS) is 12.8. The first kappa shape index (κ1) is 13.2. The van der Waals surface area contributed by atoms with Crippen LogP contribution < -0.4 is 0 Å². The second kappa shape index (κ2) is 6.05. The van der Waals surface area contributed by atoms with Crippen molar-refractivity contribution in [1.82, 2.24) is 0 Å². The van der Waals surface area contributed by atoms with Gasteiger partial charge < -0.3 is 0 Å². The molecule has 1 aromatic rings. The van der Waals surface area contributed by atoms with Gasteiger partial charge in [0.25, 0.3) is 0 Å². The van der Waals surface area contributed by atoms with E-state index in [-0.39, 0.29) is 11.2 Å². The van der Waals surface area contributed by atoms with Gasteiger partial charge in [-0.1, -0.05) is 45.0 Å². The van der Waals surface area contributed by atoms with Crippen LogP contribution in [-0.2, 0) is 4.79 Å². The van der Waals surface area contributed by atoms with Crippen molar-refractivity contribution in [3.63, 3.8) is 0 Å². The molecule has 0 N–H and O–H groups in total. The highest BCUT2D eigenvalue weighted by molar-refractivity contribution is 6.64. The van der Waals surface area contributed by atoms with Crippen molar-refractivity contribution in [2.45, 2.75) is 45.4 Å². The average molecular weight is 239 g/mol. The molecule has 0 amide bonds. The minimum Gasteiger partial charge on any atom is -0.281 e. The van der Waals surface area contributed by atoms with Gasteiger partial charge in [0.15, 0.2) is 0 Å². The van der Waals surface area contributed by atoms with E-state index >= 15 is 0 Å². The van der Waals surface area contributed by atoms with Crippen molar-refractivity contribution in [3.8, 4) is 0 Å². The Kier molecular flexibility index (Phi) is 5.01. The number of rotatable bonds is 5. The van der Waals surface area contributed by atoms with Crippen LogP contribution in [0.25, 0.3) is 0 Å². The zero-order valence-corrected chi connectivity index (χ0v) is 10.9. The molecule has 0 saturated heterocycles. The zero-order valence-electron chi connectivity index (χ0n) is 10.2. The Balaban J connectivity index is 2.98. The van der Waals surface area contributed by atoms with E-state index in [1.807, 2.05) is 19.1 Å². The molecule has 0 aliphatic heterocycles. The smallest absolute Gasteiger partial charge is 0.228 e. The summed E-state index contributed by atoms with van der Waals surface area (Å²) < 4.78 is 0. The molecule has 0 spiro atoms. The number of carbonyl (C=O) groups is 1. The molecule has 2 heteroatoms. The van der Waals surface area contributed by atoms with Gasteiger partial charge in [0, 0.05) is 0 Å². The molecule has 0 unspecified atom stereocenters. The SMILES string of the molecule is CCC(CC)c1cccc([C@@H](C)C(=O)Cl)c1. The standard InChI is InChI=1S/C14H19ClO/c1-4-11(5-2)13-8-6-7-12(9-13)10(3)14(15)16/h6-11H,4-5H2,1-3H3/t10-/m1/s1. The second-order valence-corrected chi connectivity index (χ2v) is 4.58. The summed E-state index contributed by atoms with van der Waals surface area (Å²) in [5.41, 5.74) is 2.33. The molecule has 1 atom stereocenters.